The van der Waals surface area contributed by atoms with E-state index in [-0.39, 0.29) is 17.9 Å². The van der Waals surface area contributed by atoms with Gasteiger partial charge in [-0.2, -0.15) is 0 Å². The first-order valence-electron chi connectivity index (χ1n) is 8.16. The van der Waals surface area contributed by atoms with Crippen LogP contribution in [-0.4, -0.2) is 40.0 Å². The zero-order valence-corrected chi connectivity index (χ0v) is 13.9. The number of nitrogens with zero attached hydrogens (tertiary/aromatic N) is 2. The molecule has 1 aromatic carbocycles. The number of H-pyrrole nitrogens is 1. The minimum atomic E-state index is 0.154. The number of aromatic amines is 1. The molecular weight excluding hydrogens is 290 g/mol. The van der Waals surface area contributed by atoms with Gasteiger partial charge >= 0.3 is 0 Å². The number of carbonyl (C=O) groups is 1. The number of likely N-dealkylation sites (tertiary alicyclic amines) is 1. The maximum Gasteiger partial charge on any atom is 0.223 e. The molecular formula is C18H23N3O2. The summed E-state index contributed by atoms with van der Waals surface area (Å²) in [7, 11) is 0. The van der Waals surface area contributed by atoms with Crippen molar-refractivity contribution in [3.8, 4) is 17.0 Å². The van der Waals surface area contributed by atoms with E-state index in [1.54, 1.807) is 0 Å². The van der Waals surface area contributed by atoms with Crippen molar-refractivity contribution in [1.82, 2.24) is 14.9 Å². The predicted molar refractivity (Wildman–Crippen MR) is 89.4 cm³/mol. The van der Waals surface area contributed by atoms with E-state index in [0.29, 0.717) is 13.0 Å². The average molecular weight is 313 g/mol. The number of imidazole rings is 1. The zero-order chi connectivity index (χ0) is 16.4. The summed E-state index contributed by atoms with van der Waals surface area (Å²) in [5, 5.41) is 0. The number of ether oxygens (including phenoxy) is 1. The fourth-order valence-electron chi connectivity index (χ4n) is 3.00. The Bertz CT molecular complexity index is 676. The Balaban J connectivity index is 1.74. The maximum absolute atomic E-state index is 12.0. The first-order chi connectivity index (χ1) is 11.1. The Morgan fingerprint density at radius 1 is 1.35 bits per heavy atom. The molecule has 1 aliphatic rings. The number of amides is 1. The molecule has 2 heterocycles. The van der Waals surface area contributed by atoms with E-state index >= 15 is 0 Å². The highest BCUT2D eigenvalue weighted by atomic mass is 16.5. The zero-order valence-electron chi connectivity index (χ0n) is 13.9. The standard InChI is InChI=1S/C18H23N3O2/c1-4-23-15-7-5-13(6-8-15)16-10-19-18(20-16)14-9-17(22)21(11-14)12(2)3/h5-8,10,12,14H,4,9,11H2,1-3H3,(H,19,20)/t14-/m1/s1. The monoisotopic (exact) mass is 313 g/mol. The molecule has 2 aromatic rings. The van der Waals surface area contributed by atoms with Gasteiger partial charge in [-0.1, -0.05) is 0 Å². The summed E-state index contributed by atoms with van der Waals surface area (Å²) in [5.74, 6) is 2.13. The second-order valence-electron chi connectivity index (χ2n) is 6.18. The highest BCUT2D eigenvalue weighted by Gasteiger charge is 2.33. The lowest BCUT2D eigenvalue weighted by Crippen LogP contribution is -2.31. The quantitative estimate of drug-likeness (QED) is 0.922. The van der Waals surface area contributed by atoms with Gasteiger partial charge in [0.1, 0.15) is 11.6 Å². The summed E-state index contributed by atoms with van der Waals surface area (Å²) >= 11 is 0. The van der Waals surface area contributed by atoms with Crippen LogP contribution >= 0.6 is 0 Å². The van der Waals surface area contributed by atoms with Gasteiger partial charge in [-0.05, 0) is 50.6 Å². The van der Waals surface area contributed by atoms with Crippen LogP contribution in [0, 0.1) is 0 Å². The minimum Gasteiger partial charge on any atom is -0.494 e. The van der Waals surface area contributed by atoms with Crippen LogP contribution in [-0.2, 0) is 4.79 Å². The second kappa shape index (κ2) is 6.44. The van der Waals surface area contributed by atoms with E-state index < -0.39 is 0 Å². The van der Waals surface area contributed by atoms with Crippen molar-refractivity contribution >= 4 is 5.91 Å². The molecule has 3 rings (SSSR count). The number of hydrogen-bond donors (Lipinski definition) is 1. The Morgan fingerprint density at radius 2 is 2.09 bits per heavy atom. The Kier molecular flexibility index (Phi) is 4.37. The highest BCUT2D eigenvalue weighted by Crippen LogP contribution is 2.29. The molecule has 0 unspecified atom stereocenters. The molecule has 0 bridgehead atoms. The van der Waals surface area contributed by atoms with Crippen LogP contribution in [0.25, 0.3) is 11.3 Å². The molecule has 1 N–H and O–H groups in total. The first kappa shape index (κ1) is 15.6. The van der Waals surface area contributed by atoms with Crippen LogP contribution in [0.4, 0.5) is 0 Å². The van der Waals surface area contributed by atoms with Gasteiger partial charge in [-0.3, -0.25) is 4.79 Å². The summed E-state index contributed by atoms with van der Waals surface area (Å²) in [6.45, 7) is 7.47. The van der Waals surface area contributed by atoms with Gasteiger partial charge in [-0.25, -0.2) is 4.98 Å². The van der Waals surface area contributed by atoms with Crippen molar-refractivity contribution in [3.05, 3.63) is 36.3 Å². The fraction of sp³-hybridized carbons (Fsp3) is 0.444. The summed E-state index contributed by atoms with van der Waals surface area (Å²) in [4.78, 5) is 21.8. The van der Waals surface area contributed by atoms with Crippen LogP contribution < -0.4 is 4.74 Å². The minimum absolute atomic E-state index is 0.154. The number of carbonyl (C=O) groups excluding carboxylic acids is 1. The van der Waals surface area contributed by atoms with Gasteiger partial charge < -0.3 is 14.6 Å². The molecule has 1 atom stereocenters. The van der Waals surface area contributed by atoms with E-state index in [2.05, 4.69) is 9.97 Å². The predicted octanol–water partition coefficient (Wildman–Crippen LogP) is 3.20. The van der Waals surface area contributed by atoms with Gasteiger partial charge in [0.2, 0.25) is 5.91 Å². The number of rotatable bonds is 5. The van der Waals surface area contributed by atoms with Crippen molar-refractivity contribution in [3.63, 3.8) is 0 Å². The molecule has 1 aromatic heterocycles. The third-order valence-corrected chi connectivity index (χ3v) is 4.24. The molecule has 0 aliphatic carbocycles. The topological polar surface area (TPSA) is 58.2 Å². The van der Waals surface area contributed by atoms with Crippen LogP contribution in [0.2, 0.25) is 0 Å². The normalized spacial score (nSPS) is 18.0. The van der Waals surface area contributed by atoms with Crippen molar-refractivity contribution in [2.75, 3.05) is 13.2 Å². The van der Waals surface area contributed by atoms with E-state index in [9.17, 15) is 4.79 Å². The number of benzene rings is 1. The smallest absolute Gasteiger partial charge is 0.223 e. The first-order valence-corrected chi connectivity index (χ1v) is 8.16. The lowest BCUT2D eigenvalue weighted by molar-refractivity contribution is -0.129. The van der Waals surface area contributed by atoms with E-state index in [0.717, 1.165) is 29.4 Å². The van der Waals surface area contributed by atoms with E-state index in [1.807, 2.05) is 56.1 Å². The maximum atomic E-state index is 12.0. The van der Waals surface area contributed by atoms with Crippen molar-refractivity contribution in [2.24, 2.45) is 0 Å². The molecule has 1 fully saturated rings. The Labute approximate surface area is 136 Å². The van der Waals surface area contributed by atoms with E-state index in [4.69, 9.17) is 4.74 Å². The van der Waals surface area contributed by atoms with E-state index in [1.165, 1.54) is 0 Å². The van der Waals surface area contributed by atoms with Gasteiger partial charge in [0.15, 0.2) is 0 Å². The van der Waals surface area contributed by atoms with Crippen molar-refractivity contribution in [2.45, 2.75) is 39.2 Å². The molecule has 122 valence electrons. The molecule has 5 heteroatoms. The number of hydrogen-bond acceptors (Lipinski definition) is 3. The van der Waals surface area contributed by atoms with Gasteiger partial charge in [0.05, 0.1) is 18.5 Å². The molecule has 0 radical (unpaired) electrons. The Morgan fingerprint density at radius 3 is 2.70 bits per heavy atom. The Hall–Kier alpha value is -2.30. The molecule has 5 nitrogen and oxygen atoms in total. The van der Waals surface area contributed by atoms with Gasteiger partial charge in [-0.15, -0.1) is 0 Å². The van der Waals surface area contributed by atoms with Gasteiger partial charge in [0.25, 0.3) is 0 Å². The van der Waals surface area contributed by atoms with Crippen LogP contribution in [0.5, 0.6) is 5.75 Å². The lowest BCUT2D eigenvalue weighted by Gasteiger charge is -2.20. The van der Waals surface area contributed by atoms with Crippen molar-refractivity contribution in [1.29, 1.82) is 0 Å². The second-order valence-corrected chi connectivity index (χ2v) is 6.18. The van der Waals surface area contributed by atoms with Crippen LogP contribution in [0.1, 0.15) is 38.9 Å². The van der Waals surface area contributed by atoms with Crippen molar-refractivity contribution < 1.29 is 9.53 Å². The third kappa shape index (κ3) is 3.23. The largest absolute Gasteiger partial charge is 0.494 e. The molecule has 1 aliphatic heterocycles. The molecule has 0 saturated carbocycles. The molecule has 1 amide bonds. The lowest BCUT2D eigenvalue weighted by atomic mass is 10.1. The SMILES string of the molecule is CCOc1ccc(-c2cnc([C@@H]3CC(=O)N(C(C)C)C3)[nH]2)cc1. The summed E-state index contributed by atoms with van der Waals surface area (Å²) in [5.41, 5.74) is 2.04. The highest BCUT2D eigenvalue weighted by molar-refractivity contribution is 5.79. The molecule has 23 heavy (non-hydrogen) atoms. The summed E-state index contributed by atoms with van der Waals surface area (Å²) in [6, 6.07) is 8.19. The van der Waals surface area contributed by atoms with Crippen LogP contribution in [0.15, 0.2) is 30.5 Å². The summed E-state index contributed by atoms with van der Waals surface area (Å²) in [6.07, 6.45) is 2.38. The average Bonchev–Trinajstić information content (AvgIpc) is 3.15. The summed E-state index contributed by atoms with van der Waals surface area (Å²) < 4.78 is 5.46. The molecule has 1 saturated heterocycles. The molecule has 0 spiro atoms. The number of aromatic nitrogens is 2. The fourth-order valence-corrected chi connectivity index (χ4v) is 3.00. The van der Waals surface area contributed by atoms with Gasteiger partial charge in [0, 0.05) is 24.9 Å². The van der Waals surface area contributed by atoms with Crippen LogP contribution in [0.3, 0.4) is 0 Å². The third-order valence-electron chi connectivity index (χ3n) is 4.24. The number of nitrogens with one attached hydrogen (secondary N) is 1.